The van der Waals surface area contributed by atoms with E-state index in [0.29, 0.717) is 16.7 Å². The maximum Gasteiger partial charge on any atom is 0.270 e. The Morgan fingerprint density at radius 3 is 2.88 bits per heavy atom. The molecule has 0 atom stereocenters. The van der Waals surface area contributed by atoms with E-state index >= 15 is 0 Å². The highest BCUT2D eigenvalue weighted by molar-refractivity contribution is 6.06. The Morgan fingerprint density at radius 1 is 1.21 bits per heavy atom. The molecule has 0 aliphatic rings. The zero-order chi connectivity index (χ0) is 16.7. The van der Waals surface area contributed by atoms with Crippen molar-refractivity contribution in [3.05, 3.63) is 42.5 Å². The SMILES string of the molecule is CNC(=O)c1ncnc2[nH]c(-c3c[nH]c4ccc(OC)cc34)cc12. The molecule has 4 rings (SSSR count). The highest BCUT2D eigenvalue weighted by atomic mass is 16.5. The maximum atomic E-state index is 12.0. The zero-order valence-electron chi connectivity index (χ0n) is 13.2. The number of ether oxygens (including phenoxy) is 1. The second-order valence-electron chi connectivity index (χ2n) is 5.36. The second kappa shape index (κ2) is 5.38. The summed E-state index contributed by atoms with van der Waals surface area (Å²) in [5.41, 5.74) is 3.81. The molecule has 7 heteroatoms. The summed E-state index contributed by atoms with van der Waals surface area (Å²) >= 11 is 0. The molecular weight excluding hydrogens is 306 g/mol. The molecule has 0 fully saturated rings. The Balaban J connectivity index is 1.92. The fourth-order valence-electron chi connectivity index (χ4n) is 2.83. The van der Waals surface area contributed by atoms with Gasteiger partial charge < -0.3 is 20.0 Å². The van der Waals surface area contributed by atoms with Gasteiger partial charge in [0.05, 0.1) is 12.5 Å². The third-order valence-electron chi connectivity index (χ3n) is 4.05. The van der Waals surface area contributed by atoms with E-state index in [4.69, 9.17) is 4.74 Å². The molecule has 4 aromatic rings. The summed E-state index contributed by atoms with van der Waals surface area (Å²) in [7, 11) is 3.22. The standard InChI is InChI=1S/C17H15N5O2/c1-18-17(23)15-11-6-14(22-16(11)21-8-20-15)12-7-19-13-4-3-9(24-2)5-10(12)13/h3-8,19H,1-2H3,(H,18,23)(H,20,21,22). The van der Waals surface area contributed by atoms with Crippen LogP contribution in [0.15, 0.2) is 36.8 Å². The molecule has 0 spiro atoms. The Bertz CT molecular complexity index is 1060. The van der Waals surface area contributed by atoms with E-state index in [1.165, 1.54) is 6.33 Å². The van der Waals surface area contributed by atoms with Crippen molar-refractivity contribution in [1.82, 2.24) is 25.3 Å². The highest BCUT2D eigenvalue weighted by Gasteiger charge is 2.16. The van der Waals surface area contributed by atoms with Crippen molar-refractivity contribution in [3.8, 4) is 17.0 Å². The van der Waals surface area contributed by atoms with Crippen LogP contribution in [0.4, 0.5) is 0 Å². The third kappa shape index (κ3) is 2.10. The van der Waals surface area contributed by atoms with Crippen molar-refractivity contribution in [1.29, 1.82) is 0 Å². The first kappa shape index (κ1) is 14.3. The Kier molecular flexibility index (Phi) is 3.19. The highest BCUT2D eigenvalue weighted by Crippen LogP contribution is 2.32. The number of methoxy groups -OCH3 is 1. The van der Waals surface area contributed by atoms with Crippen molar-refractivity contribution in [2.75, 3.05) is 14.2 Å². The van der Waals surface area contributed by atoms with Gasteiger partial charge in [0, 0.05) is 35.4 Å². The number of nitrogens with one attached hydrogen (secondary N) is 3. The number of benzene rings is 1. The summed E-state index contributed by atoms with van der Waals surface area (Å²) in [6.07, 6.45) is 3.30. The van der Waals surface area contributed by atoms with Crippen molar-refractivity contribution < 1.29 is 9.53 Å². The van der Waals surface area contributed by atoms with E-state index in [-0.39, 0.29) is 5.91 Å². The van der Waals surface area contributed by atoms with Gasteiger partial charge in [0.25, 0.3) is 5.91 Å². The Morgan fingerprint density at radius 2 is 2.08 bits per heavy atom. The van der Waals surface area contributed by atoms with Crippen molar-refractivity contribution >= 4 is 27.8 Å². The number of aromatic amines is 2. The summed E-state index contributed by atoms with van der Waals surface area (Å²) in [5.74, 6) is 0.541. The van der Waals surface area contributed by atoms with Crippen LogP contribution in [0.3, 0.4) is 0 Å². The number of aromatic nitrogens is 4. The molecule has 1 aromatic carbocycles. The number of carbonyl (C=O) groups excluding carboxylic acids is 1. The lowest BCUT2D eigenvalue weighted by atomic mass is 10.1. The van der Waals surface area contributed by atoms with Gasteiger partial charge in [-0.05, 0) is 24.3 Å². The first-order valence-corrected chi connectivity index (χ1v) is 7.42. The van der Waals surface area contributed by atoms with Gasteiger partial charge in [0.2, 0.25) is 0 Å². The molecule has 0 aliphatic carbocycles. The molecule has 120 valence electrons. The topological polar surface area (TPSA) is 95.7 Å². The minimum Gasteiger partial charge on any atom is -0.497 e. The first-order valence-electron chi connectivity index (χ1n) is 7.42. The predicted octanol–water partition coefficient (Wildman–Crippen LogP) is 2.47. The summed E-state index contributed by atoms with van der Waals surface area (Å²) in [6, 6.07) is 7.74. The van der Waals surface area contributed by atoms with Crippen LogP contribution in [0.1, 0.15) is 10.5 Å². The van der Waals surface area contributed by atoms with Crippen LogP contribution in [-0.4, -0.2) is 40.0 Å². The summed E-state index contributed by atoms with van der Waals surface area (Å²) in [4.78, 5) is 26.8. The van der Waals surface area contributed by atoms with Crippen molar-refractivity contribution in [2.45, 2.75) is 0 Å². The monoisotopic (exact) mass is 321 g/mol. The molecule has 1 amide bonds. The average molecular weight is 321 g/mol. The summed E-state index contributed by atoms with van der Waals surface area (Å²) in [6.45, 7) is 0. The lowest BCUT2D eigenvalue weighted by Crippen LogP contribution is -2.19. The van der Waals surface area contributed by atoms with E-state index in [2.05, 4.69) is 25.3 Å². The van der Waals surface area contributed by atoms with Crippen LogP contribution in [0.5, 0.6) is 5.75 Å². The third-order valence-corrected chi connectivity index (χ3v) is 4.05. The number of hydrogen-bond donors (Lipinski definition) is 3. The maximum absolute atomic E-state index is 12.0. The van der Waals surface area contributed by atoms with Crippen LogP contribution in [0.2, 0.25) is 0 Å². The molecule has 0 saturated heterocycles. The molecule has 3 N–H and O–H groups in total. The Hall–Kier alpha value is -3.35. The van der Waals surface area contributed by atoms with Gasteiger partial charge in [-0.1, -0.05) is 0 Å². The lowest BCUT2D eigenvalue weighted by Gasteiger charge is -2.00. The number of carbonyl (C=O) groups is 1. The molecule has 3 heterocycles. The van der Waals surface area contributed by atoms with Crippen LogP contribution in [0.25, 0.3) is 33.2 Å². The predicted molar refractivity (Wildman–Crippen MR) is 91.1 cm³/mol. The minimum atomic E-state index is -0.242. The zero-order valence-corrected chi connectivity index (χ0v) is 13.2. The van der Waals surface area contributed by atoms with Gasteiger partial charge in [0.1, 0.15) is 23.4 Å². The molecule has 7 nitrogen and oxygen atoms in total. The van der Waals surface area contributed by atoms with Gasteiger partial charge >= 0.3 is 0 Å². The molecule has 0 unspecified atom stereocenters. The van der Waals surface area contributed by atoms with Gasteiger partial charge in [-0.2, -0.15) is 0 Å². The van der Waals surface area contributed by atoms with Gasteiger partial charge in [-0.25, -0.2) is 9.97 Å². The lowest BCUT2D eigenvalue weighted by molar-refractivity contribution is 0.0960. The van der Waals surface area contributed by atoms with E-state index in [1.54, 1.807) is 14.2 Å². The van der Waals surface area contributed by atoms with E-state index in [0.717, 1.165) is 27.9 Å². The molecule has 0 radical (unpaired) electrons. The summed E-state index contributed by atoms with van der Waals surface area (Å²) in [5, 5.41) is 4.30. The number of H-pyrrole nitrogens is 2. The van der Waals surface area contributed by atoms with Crippen LogP contribution >= 0.6 is 0 Å². The number of fused-ring (bicyclic) bond motifs is 2. The van der Waals surface area contributed by atoms with Crippen LogP contribution < -0.4 is 10.1 Å². The number of hydrogen-bond acceptors (Lipinski definition) is 4. The van der Waals surface area contributed by atoms with E-state index in [1.807, 2.05) is 30.5 Å². The largest absolute Gasteiger partial charge is 0.497 e. The molecule has 0 aliphatic heterocycles. The van der Waals surface area contributed by atoms with Crippen molar-refractivity contribution in [2.24, 2.45) is 0 Å². The fraction of sp³-hybridized carbons (Fsp3) is 0.118. The van der Waals surface area contributed by atoms with E-state index in [9.17, 15) is 4.79 Å². The quantitative estimate of drug-likeness (QED) is 0.540. The summed E-state index contributed by atoms with van der Waals surface area (Å²) < 4.78 is 5.31. The normalized spacial score (nSPS) is 11.1. The van der Waals surface area contributed by atoms with Crippen molar-refractivity contribution in [3.63, 3.8) is 0 Å². The molecule has 0 bridgehead atoms. The first-order chi connectivity index (χ1) is 11.7. The Labute approximate surface area is 137 Å². The van der Waals surface area contributed by atoms with E-state index < -0.39 is 0 Å². The van der Waals surface area contributed by atoms with Gasteiger partial charge in [-0.15, -0.1) is 0 Å². The number of nitrogens with zero attached hydrogens (tertiary/aromatic N) is 2. The average Bonchev–Trinajstić information content (AvgIpc) is 3.23. The minimum absolute atomic E-state index is 0.242. The fourth-order valence-corrected chi connectivity index (χ4v) is 2.83. The molecule has 0 saturated carbocycles. The molecule has 24 heavy (non-hydrogen) atoms. The molecular formula is C17H15N5O2. The number of amides is 1. The smallest absolute Gasteiger partial charge is 0.270 e. The number of rotatable bonds is 3. The van der Waals surface area contributed by atoms with Gasteiger partial charge in [-0.3, -0.25) is 4.79 Å². The second-order valence-corrected chi connectivity index (χ2v) is 5.36. The van der Waals surface area contributed by atoms with Crippen LogP contribution in [0, 0.1) is 0 Å². The van der Waals surface area contributed by atoms with Gasteiger partial charge in [0.15, 0.2) is 0 Å². The molecule has 3 aromatic heterocycles. The van der Waals surface area contributed by atoms with Crippen LogP contribution in [-0.2, 0) is 0 Å².